The molecule has 0 fully saturated rings. The van der Waals surface area contributed by atoms with Crippen molar-refractivity contribution in [1.82, 2.24) is 19.9 Å². The van der Waals surface area contributed by atoms with Gasteiger partial charge < -0.3 is 15.0 Å². The maximum Gasteiger partial charge on any atom is 0.277 e. The summed E-state index contributed by atoms with van der Waals surface area (Å²) in [5, 5.41) is 3.78. The topological polar surface area (TPSA) is 89.0 Å². The lowest BCUT2D eigenvalue weighted by molar-refractivity contribution is -0.121. The Bertz CT molecular complexity index is 1190. The predicted octanol–water partition coefficient (Wildman–Crippen LogP) is 2.59. The van der Waals surface area contributed by atoms with Crippen molar-refractivity contribution in [2.75, 3.05) is 7.11 Å². The molecular weight excluding hydrogens is 356 g/mol. The van der Waals surface area contributed by atoms with Crippen LogP contribution < -0.4 is 15.6 Å². The molecule has 0 radical (unpaired) electrons. The summed E-state index contributed by atoms with van der Waals surface area (Å²) in [7, 11) is 1.61. The monoisotopic (exact) mass is 376 g/mol. The normalized spacial score (nSPS) is 11.0. The minimum atomic E-state index is -0.177. The van der Waals surface area contributed by atoms with Gasteiger partial charge in [-0.1, -0.05) is 30.3 Å². The third kappa shape index (κ3) is 3.46. The Morgan fingerprint density at radius 2 is 1.96 bits per heavy atom. The predicted molar refractivity (Wildman–Crippen MR) is 107 cm³/mol. The van der Waals surface area contributed by atoms with Crippen molar-refractivity contribution in [3.05, 3.63) is 70.8 Å². The molecule has 0 saturated carbocycles. The second kappa shape index (κ2) is 7.56. The number of rotatable bonds is 6. The number of ether oxygens (including phenoxy) is 1. The number of fused-ring (bicyclic) bond motifs is 3. The van der Waals surface area contributed by atoms with Gasteiger partial charge in [0, 0.05) is 30.4 Å². The van der Waals surface area contributed by atoms with Crippen molar-refractivity contribution in [3.63, 3.8) is 0 Å². The molecule has 0 unspecified atom stereocenters. The fourth-order valence-electron chi connectivity index (χ4n) is 3.15. The largest absolute Gasteiger partial charge is 0.497 e. The second-order valence-electron chi connectivity index (χ2n) is 6.51. The maximum absolute atomic E-state index is 12.7. The van der Waals surface area contributed by atoms with Crippen LogP contribution in [0.15, 0.2) is 59.7 Å². The van der Waals surface area contributed by atoms with Gasteiger partial charge in [0.1, 0.15) is 16.8 Å². The van der Waals surface area contributed by atoms with Gasteiger partial charge in [0.15, 0.2) is 0 Å². The Hall–Kier alpha value is -3.61. The number of amides is 1. The van der Waals surface area contributed by atoms with Crippen molar-refractivity contribution in [3.8, 4) is 5.75 Å². The molecular formula is C21H20N4O3. The summed E-state index contributed by atoms with van der Waals surface area (Å²) in [5.41, 5.74) is 2.79. The van der Waals surface area contributed by atoms with Crippen LogP contribution in [0.3, 0.4) is 0 Å². The van der Waals surface area contributed by atoms with Crippen LogP contribution in [-0.4, -0.2) is 27.6 Å². The standard InChI is InChI=1S/C21H20N4O3/c1-28-15-8-6-14(7-9-15)12-22-18(26)10-11-25-13-23-19-16-4-2-3-5-17(16)24-20(19)21(25)27/h2-9,13,24H,10-12H2,1H3,(H,22,26). The summed E-state index contributed by atoms with van der Waals surface area (Å²) in [6, 6.07) is 15.2. The van der Waals surface area contributed by atoms with Gasteiger partial charge in [-0.25, -0.2) is 4.98 Å². The summed E-state index contributed by atoms with van der Waals surface area (Å²) in [5.74, 6) is 0.647. The Morgan fingerprint density at radius 3 is 2.75 bits per heavy atom. The Balaban J connectivity index is 1.41. The molecule has 0 saturated heterocycles. The first-order valence-corrected chi connectivity index (χ1v) is 9.01. The van der Waals surface area contributed by atoms with Crippen molar-refractivity contribution < 1.29 is 9.53 Å². The van der Waals surface area contributed by atoms with E-state index in [1.165, 1.54) is 10.9 Å². The minimum absolute atomic E-state index is 0.125. The van der Waals surface area contributed by atoms with Gasteiger partial charge in [-0.15, -0.1) is 0 Å². The highest BCUT2D eigenvalue weighted by molar-refractivity contribution is 6.04. The van der Waals surface area contributed by atoms with E-state index < -0.39 is 0 Å². The van der Waals surface area contributed by atoms with Crippen molar-refractivity contribution in [1.29, 1.82) is 0 Å². The number of nitrogens with one attached hydrogen (secondary N) is 2. The SMILES string of the molecule is COc1ccc(CNC(=O)CCn2cnc3c([nH]c4ccccc43)c2=O)cc1. The first-order chi connectivity index (χ1) is 13.7. The highest BCUT2D eigenvalue weighted by atomic mass is 16.5. The van der Waals surface area contributed by atoms with Crippen molar-refractivity contribution in [2.24, 2.45) is 0 Å². The lowest BCUT2D eigenvalue weighted by Crippen LogP contribution is -2.27. The number of benzene rings is 2. The fraction of sp³-hybridized carbons (Fsp3) is 0.190. The third-order valence-electron chi connectivity index (χ3n) is 4.71. The number of methoxy groups -OCH3 is 1. The van der Waals surface area contributed by atoms with Gasteiger partial charge in [-0.2, -0.15) is 0 Å². The lowest BCUT2D eigenvalue weighted by atomic mass is 10.2. The van der Waals surface area contributed by atoms with E-state index in [0.29, 0.717) is 17.6 Å². The average Bonchev–Trinajstić information content (AvgIpc) is 3.12. The average molecular weight is 376 g/mol. The van der Waals surface area contributed by atoms with E-state index >= 15 is 0 Å². The molecule has 28 heavy (non-hydrogen) atoms. The number of aryl methyl sites for hydroxylation is 1. The van der Waals surface area contributed by atoms with Gasteiger partial charge >= 0.3 is 0 Å². The highest BCUT2D eigenvalue weighted by Gasteiger charge is 2.11. The molecule has 0 aliphatic heterocycles. The molecule has 7 heteroatoms. The van der Waals surface area contributed by atoms with Crippen LogP contribution in [-0.2, 0) is 17.9 Å². The van der Waals surface area contributed by atoms with E-state index in [0.717, 1.165) is 22.2 Å². The van der Waals surface area contributed by atoms with Crippen LogP contribution in [0.2, 0.25) is 0 Å². The molecule has 0 bridgehead atoms. The number of carbonyl (C=O) groups excluding carboxylic acids is 1. The summed E-state index contributed by atoms with van der Waals surface area (Å²) in [4.78, 5) is 32.4. The number of para-hydroxylation sites is 1. The summed E-state index contributed by atoms with van der Waals surface area (Å²) in [6.45, 7) is 0.697. The minimum Gasteiger partial charge on any atom is -0.497 e. The van der Waals surface area contributed by atoms with E-state index in [-0.39, 0.29) is 24.4 Å². The zero-order valence-corrected chi connectivity index (χ0v) is 15.4. The fourth-order valence-corrected chi connectivity index (χ4v) is 3.15. The smallest absolute Gasteiger partial charge is 0.277 e. The highest BCUT2D eigenvalue weighted by Crippen LogP contribution is 2.20. The number of nitrogens with zero attached hydrogens (tertiary/aromatic N) is 2. The Labute approximate surface area is 161 Å². The molecule has 0 atom stereocenters. The molecule has 0 spiro atoms. The first-order valence-electron chi connectivity index (χ1n) is 9.01. The van der Waals surface area contributed by atoms with E-state index in [1.54, 1.807) is 7.11 Å². The molecule has 0 aliphatic carbocycles. The van der Waals surface area contributed by atoms with E-state index in [2.05, 4.69) is 15.3 Å². The zero-order chi connectivity index (χ0) is 19.5. The van der Waals surface area contributed by atoms with Gasteiger partial charge in [0.05, 0.1) is 13.4 Å². The van der Waals surface area contributed by atoms with E-state index in [1.807, 2.05) is 48.5 Å². The van der Waals surface area contributed by atoms with Crippen LogP contribution >= 0.6 is 0 Å². The molecule has 2 N–H and O–H groups in total. The number of hydrogen-bond acceptors (Lipinski definition) is 4. The number of carbonyl (C=O) groups is 1. The van der Waals surface area contributed by atoms with Crippen LogP contribution in [0.1, 0.15) is 12.0 Å². The van der Waals surface area contributed by atoms with Crippen LogP contribution in [0.25, 0.3) is 21.9 Å². The van der Waals surface area contributed by atoms with Crippen LogP contribution in [0.5, 0.6) is 5.75 Å². The van der Waals surface area contributed by atoms with Crippen LogP contribution in [0, 0.1) is 0 Å². The zero-order valence-electron chi connectivity index (χ0n) is 15.4. The molecule has 4 aromatic rings. The second-order valence-corrected chi connectivity index (χ2v) is 6.51. The Morgan fingerprint density at radius 1 is 1.18 bits per heavy atom. The number of H-pyrrole nitrogens is 1. The van der Waals surface area contributed by atoms with Gasteiger partial charge in [-0.05, 0) is 23.8 Å². The molecule has 7 nitrogen and oxygen atoms in total. The lowest BCUT2D eigenvalue weighted by Gasteiger charge is -2.08. The number of hydrogen-bond donors (Lipinski definition) is 2. The van der Waals surface area contributed by atoms with Crippen molar-refractivity contribution >= 4 is 27.8 Å². The number of aromatic nitrogens is 3. The molecule has 1 amide bonds. The summed E-state index contributed by atoms with van der Waals surface area (Å²) >= 11 is 0. The summed E-state index contributed by atoms with van der Waals surface area (Å²) in [6.07, 6.45) is 1.70. The maximum atomic E-state index is 12.7. The van der Waals surface area contributed by atoms with E-state index in [4.69, 9.17) is 4.74 Å². The molecule has 2 aromatic heterocycles. The van der Waals surface area contributed by atoms with Crippen LogP contribution in [0.4, 0.5) is 0 Å². The third-order valence-corrected chi connectivity index (χ3v) is 4.71. The first kappa shape index (κ1) is 17.8. The summed E-state index contributed by atoms with van der Waals surface area (Å²) < 4.78 is 6.58. The molecule has 2 aromatic carbocycles. The van der Waals surface area contributed by atoms with Gasteiger partial charge in [0.25, 0.3) is 5.56 Å². The van der Waals surface area contributed by atoms with E-state index in [9.17, 15) is 9.59 Å². The molecule has 142 valence electrons. The van der Waals surface area contributed by atoms with Gasteiger partial charge in [-0.3, -0.25) is 14.2 Å². The molecule has 2 heterocycles. The van der Waals surface area contributed by atoms with Gasteiger partial charge in [0.2, 0.25) is 5.91 Å². The van der Waals surface area contributed by atoms with Crippen molar-refractivity contribution in [2.45, 2.75) is 19.5 Å². The number of aromatic amines is 1. The Kier molecular flexibility index (Phi) is 4.80. The molecule has 0 aliphatic rings. The molecule has 4 rings (SSSR count). The quantitative estimate of drug-likeness (QED) is 0.541.